The first kappa shape index (κ1) is 25.7. The van der Waals surface area contributed by atoms with Gasteiger partial charge in [0.05, 0.1) is 16.4 Å². The molecule has 9 heteroatoms. The van der Waals surface area contributed by atoms with Gasteiger partial charge in [-0.3, -0.25) is 14.9 Å². The normalized spacial score (nSPS) is 14.7. The Bertz CT molecular complexity index is 1370. The van der Waals surface area contributed by atoms with E-state index in [1.54, 1.807) is 36.4 Å². The first-order valence-electron chi connectivity index (χ1n) is 11.1. The highest BCUT2D eigenvalue weighted by Gasteiger charge is 2.37. The summed E-state index contributed by atoms with van der Waals surface area (Å²) in [5.41, 5.74) is 2.58. The molecule has 0 atom stereocenters. The smallest absolute Gasteiger partial charge is 0.335 e. The van der Waals surface area contributed by atoms with E-state index in [9.17, 15) is 14.4 Å². The van der Waals surface area contributed by atoms with Crippen molar-refractivity contribution in [3.63, 3.8) is 0 Å². The number of ether oxygens (including phenoxy) is 2. The Morgan fingerprint density at radius 1 is 1.06 bits per heavy atom. The fourth-order valence-corrected chi connectivity index (χ4v) is 4.68. The molecule has 7 nitrogen and oxygen atoms in total. The number of methoxy groups -OCH3 is 1. The lowest BCUT2D eigenvalue weighted by Gasteiger charge is -2.28. The van der Waals surface area contributed by atoms with Crippen LogP contribution in [0.4, 0.5) is 10.5 Å². The topological polar surface area (TPSA) is 84.9 Å². The minimum absolute atomic E-state index is 0.159. The first-order chi connectivity index (χ1) is 17.3. The monoisotopic (exact) mass is 616 g/mol. The van der Waals surface area contributed by atoms with Crippen LogP contribution in [-0.4, -0.2) is 25.0 Å². The number of barbiturate groups is 1. The molecule has 3 aromatic rings. The van der Waals surface area contributed by atoms with Gasteiger partial charge in [-0.2, -0.15) is 0 Å². The zero-order chi connectivity index (χ0) is 25.8. The quantitative estimate of drug-likeness (QED) is 0.207. The number of nitrogens with one attached hydrogen (secondary N) is 1. The van der Waals surface area contributed by atoms with E-state index in [0.29, 0.717) is 40.8 Å². The molecule has 184 valence electrons. The highest BCUT2D eigenvalue weighted by Crippen LogP contribution is 2.36. The summed E-state index contributed by atoms with van der Waals surface area (Å²) in [5.74, 6) is -0.479. The Labute approximate surface area is 227 Å². The summed E-state index contributed by atoms with van der Waals surface area (Å²) in [7, 11) is 1.51. The molecule has 0 aromatic heterocycles. The lowest BCUT2D eigenvalue weighted by molar-refractivity contribution is -0.122. The number of anilines is 1. The van der Waals surface area contributed by atoms with Crippen LogP contribution in [0.2, 0.25) is 5.02 Å². The van der Waals surface area contributed by atoms with E-state index in [2.05, 4.69) is 27.9 Å². The molecule has 0 spiro atoms. The molecule has 1 aliphatic rings. The summed E-state index contributed by atoms with van der Waals surface area (Å²) in [6.45, 7) is 2.23. The van der Waals surface area contributed by atoms with E-state index in [-0.39, 0.29) is 5.57 Å². The summed E-state index contributed by atoms with van der Waals surface area (Å²) >= 11 is 8.05. The van der Waals surface area contributed by atoms with Crippen molar-refractivity contribution < 1.29 is 23.9 Å². The fourth-order valence-electron chi connectivity index (χ4n) is 3.77. The number of hydrogen-bond donors (Lipinski definition) is 1. The average Bonchev–Trinajstić information content (AvgIpc) is 2.86. The summed E-state index contributed by atoms with van der Waals surface area (Å²) in [4.78, 5) is 39.5. The van der Waals surface area contributed by atoms with Crippen molar-refractivity contribution in [1.29, 1.82) is 0 Å². The number of nitrogens with zero attached hydrogens (tertiary/aromatic N) is 1. The van der Waals surface area contributed by atoms with Crippen molar-refractivity contribution in [3.8, 4) is 11.5 Å². The second-order valence-corrected chi connectivity index (χ2v) is 9.49. The Hall–Kier alpha value is -3.37. The van der Waals surface area contributed by atoms with Crippen molar-refractivity contribution >= 4 is 63.8 Å². The Kier molecular flexibility index (Phi) is 7.95. The maximum Gasteiger partial charge on any atom is 0.335 e. The number of carbonyl (C=O) groups excluding carboxylic acids is 3. The van der Waals surface area contributed by atoms with Gasteiger partial charge >= 0.3 is 6.03 Å². The Morgan fingerprint density at radius 2 is 1.78 bits per heavy atom. The van der Waals surface area contributed by atoms with Gasteiger partial charge in [0.25, 0.3) is 11.8 Å². The van der Waals surface area contributed by atoms with Crippen molar-refractivity contribution in [2.75, 3.05) is 12.0 Å². The SMILES string of the molecule is CCc1ccccc1N1C(=O)NC(=O)/C(=C/c2cc(I)c(OCc3ccc(Cl)cc3)c(OC)c2)C1=O. The Morgan fingerprint density at radius 3 is 2.47 bits per heavy atom. The van der Waals surface area contributed by atoms with E-state index < -0.39 is 17.8 Å². The third kappa shape index (κ3) is 5.39. The maximum absolute atomic E-state index is 13.3. The number of rotatable bonds is 7. The van der Waals surface area contributed by atoms with E-state index in [0.717, 1.165) is 19.6 Å². The molecule has 1 heterocycles. The molecule has 0 aliphatic carbocycles. The lowest BCUT2D eigenvalue weighted by Crippen LogP contribution is -2.54. The van der Waals surface area contributed by atoms with Crippen LogP contribution in [0.3, 0.4) is 0 Å². The van der Waals surface area contributed by atoms with Gasteiger partial charge in [-0.25, -0.2) is 9.69 Å². The van der Waals surface area contributed by atoms with Crippen LogP contribution in [0.25, 0.3) is 6.08 Å². The van der Waals surface area contributed by atoms with Crippen LogP contribution in [-0.2, 0) is 22.6 Å². The number of aryl methyl sites for hydroxylation is 1. The summed E-state index contributed by atoms with van der Waals surface area (Å²) in [6.07, 6.45) is 2.06. The molecule has 1 aliphatic heterocycles. The minimum Gasteiger partial charge on any atom is -0.493 e. The molecule has 1 fully saturated rings. The molecular formula is C27H22ClIN2O5. The number of imide groups is 2. The molecular weight excluding hydrogens is 595 g/mol. The van der Waals surface area contributed by atoms with Gasteiger partial charge in [0.15, 0.2) is 11.5 Å². The van der Waals surface area contributed by atoms with Crippen LogP contribution in [0.15, 0.2) is 66.2 Å². The van der Waals surface area contributed by atoms with E-state index in [1.807, 2.05) is 31.2 Å². The molecule has 4 amide bonds. The summed E-state index contributed by atoms with van der Waals surface area (Å²) < 4.78 is 12.2. The number of benzene rings is 3. The van der Waals surface area contributed by atoms with Gasteiger partial charge in [0.1, 0.15) is 12.2 Å². The predicted octanol–water partition coefficient (Wildman–Crippen LogP) is 5.76. The predicted molar refractivity (Wildman–Crippen MR) is 146 cm³/mol. The molecule has 1 N–H and O–H groups in total. The van der Waals surface area contributed by atoms with Gasteiger partial charge in [-0.05, 0) is 82.1 Å². The average molecular weight is 617 g/mol. The molecule has 0 bridgehead atoms. The molecule has 1 saturated heterocycles. The van der Waals surface area contributed by atoms with E-state index in [1.165, 1.54) is 13.2 Å². The van der Waals surface area contributed by atoms with Crippen molar-refractivity contribution in [3.05, 3.63) is 91.5 Å². The molecule has 36 heavy (non-hydrogen) atoms. The number of amides is 4. The van der Waals surface area contributed by atoms with Gasteiger partial charge in [-0.15, -0.1) is 0 Å². The van der Waals surface area contributed by atoms with Crippen LogP contribution >= 0.6 is 34.2 Å². The molecule has 0 saturated carbocycles. The number of hydrogen-bond acceptors (Lipinski definition) is 5. The van der Waals surface area contributed by atoms with Crippen molar-refractivity contribution in [2.45, 2.75) is 20.0 Å². The lowest BCUT2D eigenvalue weighted by atomic mass is 10.0. The van der Waals surface area contributed by atoms with Crippen molar-refractivity contribution in [1.82, 2.24) is 5.32 Å². The third-order valence-corrected chi connectivity index (χ3v) is 6.63. The molecule has 4 rings (SSSR count). The Balaban J connectivity index is 1.65. The molecule has 0 unspecified atom stereocenters. The zero-order valence-corrected chi connectivity index (χ0v) is 22.4. The second kappa shape index (κ2) is 11.1. The minimum atomic E-state index is -0.777. The van der Waals surface area contributed by atoms with Crippen LogP contribution < -0.4 is 19.7 Å². The van der Waals surface area contributed by atoms with Gasteiger partial charge in [0.2, 0.25) is 0 Å². The van der Waals surface area contributed by atoms with Crippen LogP contribution in [0.5, 0.6) is 11.5 Å². The van der Waals surface area contributed by atoms with Crippen LogP contribution in [0.1, 0.15) is 23.6 Å². The number of para-hydroxylation sites is 1. The molecule has 3 aromatic carbocycles. The summed E-state index contributed by atoms with van der Waals surface area (Å²) in [6, 6.07) is 17.1. The highest BCUT2D eigenvalue weighted by molar-refractivity contribution is 14.1. The van der Waals surface area contributed by atoms with E-state index >= 15 is 0 Å². The summed E-state index contributed by atoms with van der Waals surface area (Å²) in [5, 5.41) is 2.91. The van der Waals surface area contributed by atoms with Crippen molar-refractivity contribution in [2.24, 2.45) is 0 Å². The molecule has 0 radical (unpaired) electrons. The third-order valence-electron chi connectivity index (χ3n) is 5.57. The maximum atomic E-state index is 13.3. The fraction of sp³-hybridized carbons (Fsp3) is 0.148. The number of halogens is 2. The standard InChI is InChI=1S/C27H22ClIN2O5/c1-3-18-6-4-5-7-22(18)31-26(33)20(25(32)30-27(31)34)12-17-13-21(29)24(23(14-17)35-2)36-15-16-8-10-19(28)11-9-16/h4-14H,3,15H2,1-2H3,(H,30,32,34)/b20-12-. The second-order valence-electron chi connectivity index (χ2n) is 7.89. The first-order valence-corrected chi connectivity index (χ1v) is 12.5. The van der Waals surface area contributed by atoms with Gasteiger partial charge in [0, 0.05) is 5.02 Å². The highest BCUT2D eigenvalue weighted by atomic mass is 127. The zero-order valence-electron chi connectivity index (χ0n) is 19.5. The van der Waals surface area contributed by atoms with Crippen LogP contribution in [0, 0.1) is 3.57 Å². The van der Waals surface area contributed by atoms with Gasteiger partial charge < -0.3 is 9.47 Å². The number of urea groups is 1. The largest absolute Gasteiger partial charge is 0.493 e. The number of carbonyl (C=O) groups is 3. The van der Waals surface area contributed by atoms with Gasteiger partial charge in [-0.1, -0.05) is 48.9 Å². The van der Waals surface area contributed by atoms with E-state index in [4.69, 9.17) is 21.1 Å².